The van der Waals surface area contributed by atoms with Crippen molar-refractivity contribution in [3.8, 4) is 0 Å². The van der Waals surface area contributed by atoms with E-state index in [9.17, 15) is 0 Å². The van der Waals surface area contributed by atoms with Crippen LogP contribution in [0.4, 0.5) is 0 Å². The minimum atomic E-state index is 0.592. The summed E-state index contributed by atoms with van der Waals surface area (Å²) in [5, 5.41) is 4.88. The molecule has 0 aliphatic heterocycles. The van der Waals surface area contributed by atoms with Crippen LogP contribution >= 0.6 is 23.2 Å². The van der Waals surface area contributed by atoms with Gasteiger partial charge in [-0.15, -0.1) is 11.6 Å². The zero-order valence-corrected chi connectivity index (χ0v) is 8.57. The lowest BCUT2D eigenvalue weighted by molar-refractivity contribution is 0.578. The fraction of sp³-hybridized carbons (Fsp3) is 0.625. The van der Waals surface area contributed by atoms with Crippen molar-refractivity contribution in [1.82, 2.24) is 9.78 Å². The molecule has 0 spiro atoms. The average molecular weight is 207 g/mol. The Hall–Kier alpha value is -0.210. The van der Waals surface area contributed by atoms with E-state index in [4.69, 9.17) is 23.2 Å². The van der Waals surface area contributed by atoms with Crippen molar-refractivity contribution in [3.63, 3.8) is 0 Å². The molecule has 0 aliphatic carbocycles. The van der Waals surface area contributed by atoms with E-state index in [-0.39, 0.29) is 0 Å². The van der Waals surface area contributed by atoms with E-state index in [1.54, 1.807) is 6.20 Å². The maximum Gasteiger partial charge on any atom is 0.0818 e. The average Bonchev–Trinajstić information content (AvgIpc) is 2.37. The van der Waals surface area contributed by atoms with Crippen molar-refractivity contribution in [2.45, 2.75) is 26.3 Å². The Kier molecular flexibility index (Phi) is 3.89. The molecule has 2 nitrogen and oxygen atoms in total. The fourth-order valence-electron chi connectivity index (χ4n) is 1.13. The highest BCUT2D eigenvalue weighted by Crippen LogP contribution is 2.16. The second-order valence-electron chi connectivity index (χ2n) is 2.60. The first-order chi connectivity index (χ1) is 5.79. The first-order valence-corrected chi connectivity index (χ1v) is 4.97. The first kappa shape index (κ1) is 9.87. The summed E-state index contributed by atoms with van der Waals surface area (Å²) in [6.45, 7) is 3.03. The highest BCUT2D eigenvalue weighted by Gasteiger charge is 2.06. The molecule has 0 aliphatic rings. The summed E-state index contributed by atoms with van der Waals surface area (Å²) in [7, 11) is 0. The molecule has 0 atom stereocenters. The molecule has 1 heterocycles. The summed E-state index contributed by atoms with van der Waals surface area (Å²) in [6.07, 6.45) is 3.53. The molecule has 0 bridgehead atoms. The van der Waals surface area contributed by atoms with E-state index in [0.29, 0.717) is 5.88 Å². The van der Waals surface area contributed by atoms with Crippen molar-refractivity contribution >= 4 is 23.2 Å². The predicted octanol–water partition coefficient (Wildman–Crippen LogP) is 2.73. The van der Waals surface area contributed by atoms with Gasteiger partial charge in [-0.05, 0) is 6.42 Å². The van der Waals surface area contributed by atoms with Gasteiger partial charge in [0, 0.05) is 18.8 Å². The molecule has 0 amide bonds. The van der Waals surface area contributed by atoms with E-state index >= 15 is 0 Å². The number of hydrogen-bond acceptors (Lipinski definition) is 1. The highest BCUT2D eigenvalue weighted by molar-refractivity contribution is 6.31. The number of rotatable bonds is 4. The minimum Gasteiger partial charge on any atom is -0.268 e. The van der Waals surface area contributed by atoms with Crippen molar-refractivity contribution in [1.29, 1.82) is 0 Å². The van der Waals surface area contributed by atoms with Gasteiger partial charge in [0.1, 0.15) is 0 Å². The van der Waals surface area contributed by atoms with Crippen LogP contribution < -0.4 is 0 Å². The minimum absolute atomic E-state index is 0.592. The van der Waals surface area contributed by atoms with Crippen LogP contribution in [-0.2, 0) is 13.0 Å². The third kappa shape index (κ3) is 2.14. The van der Waals surface area contributed by atoms with E-state index < -0.39 is 0 Å². The Bertz CT molecular complexity index is 245. The summed E-state index contributed by atoms with van der Waals surface area (Å²) in [4.78, 5) is 0. The Morgan fingerprint density at radius 2 is 2.33 bits per heavy atom. The molecule has 12 heavy (non-hydrogen) atoms. The van der Waals surface area contributed by atoms with Gasteiger partial charge < -0.3 is 0 Å². The molecule has 68 valence electrons. The van der Waals surface area contributed by atoms with Gasteiger partial charge in [0.15, 0.2) is 0 Å². The molecule has 0 fully saturated rings. The number of hydrogen-bond donors (Lipinski definition) is 0. The van der Waals surface area contributed by atoms with Gasteiger partial charge in [0.2, 0.25) is 0 Å². The van der Waals surface area contributed by atoms with Crippen molar-refractivity contribution in [2.75, 3.05) is 5.88 Å². The smallest absolute Gasteiger partial charge is 0.0818 e. The Morgan fingerprint density at radius 1 is 1.58 bits per heavy atom. The lowest BCUT2D eigenvalue weighted by Crippen LogP contribution is -2.05. The summed E-state index contributed by atoms with van der Waals surface area (Å²) in [5.41, 5.74) is 1.05. The van der Waals surface area contributed by atoms with Gasteiger partial charge in [-0.2, -0.15) is 5.10 Å². The summed E-state index contributed by atoms with van der Waals surface area (Å²) in [6, 6.07) is 0. The third-order valence-corrected chi connectivity index (χ3v) is 2.17. The summed E-state index contributed by atoms with van der Waals surface area (Å²) < 4.78 is 1.92. The topological polar surface area (TPSA) is 17.8 Å². The zero-order valence-electron chi connectivity index (χ0n) is 7.06. The lowest BCUT2D eigenvalue weighted by atomic mass is 10.3. The number of aryl methyl sites for hydroxylation is 1. The maximum absolute atomic E-state index is 5.92. The van der Waals surface area contributed by atoms with Gasteiger partial charge in [-0.3, -0.25) is 4.68 Å². The van der Waals surface area contributed by atoms with Crippen LogP contribution in [0.3, 0.4) is 0 Å². The highest BCUT2D eigenvalue weighted by atomic mass is 35.5. The molecule has 0 N–H and O–H groups in total. The Morgan fingerprint density at radius 3 is 2.92 bits per heavy atom. The quantitative estimate of drug-likeness (QED) is 0.694. The molecule has 1 rings (SSSR count). The normalized spacial score (nSPS) is 10.6. The Labute approximate surface area is 82.5 Å². The summed E-state index contributed by atoms with van der Waals surface area (Å²) in [5.74, 6) is 0.592. The number of aromatic nitrogens is 2. The predicted molar refractivity (Wildman–Crippen MR) is 52.0 cm³/mol. The van der Waals surface area contributed by atoms with E-state index in [1.165, 1.54) is 0 Å². The molecule has 0 radical (unpaired) electrons. The molecule has 4 heteroatoms. The lowest BCUT2D eigenvalue weighted by Gasteiger charge is -2.03. The molecule has 1 aromatic heterocycles. The van der Waals surface area contributed by atoms with Crippen LogP contribution in [-0.4, -0.2) is 15.7 Å². The van der Waals surface area contributed by atoms with Gasteiger partial charge in [0.25, 0.3) is 0 Å². The van der Waals surface area contributed by atoms with Crippen molar-refractivity contribution < 1.29 is 0 Å². The number of alkyl halides is 1. The third-order valence-electron chi connectivity index (χ3n) is 1.66. The molecule has 0 saturated heterocycles. The van der Waals surface area contributed by atoms with Crippen LogP contribution in [0.5, 0.6) is 0 Å². The first-order valence-electron chi connectivity index (χ1n) is 4.05. The van der Waals surface area contributed by atoms with Crippen LogP contribution in [0.2, 0.25) is 5.02 Å². The van der Waals surface area contributed by atoms with Crippen LogP contribution in [0.1, 0.15) is 19.0 Å². The molecule has 0 saturated carbocycles. The van der Waals surface area contributed by atoms with Crippen molar-refractivity contribution in [3.05, 3.63) is 16.9 Å². The van der Waals surface area contributed by atoms with E-state index in [1.807, 2.05) is 4.68 Å². The Balaban J connectivity index is 2.80. The van der Waals surface area contributed by atoms with Gasteiger partial charge >= 0.3 is 0 Å². The van der Waals surface area contributed by atoms with Gasteiger partial charge in [-0.1, -0.05) is 18.5 Å². The molecular weight excluding hydrogens is 195 g/mol. The second kappa shape index (κ2) is 4.73. The van der Waals surface area contributed by atoms with Gasteiger partial charge in [0.05, 0.1) is 16.9 Å². The largest absolute Gasteiger partial charge is 0.268 e. The SMILES string of the molecule is CCCn1ncc(Cl)c1CCCl. The molecule has 0 unspecified atom stereocenters. The molecule has 1 aromatic rings. The van der Waals surface area contributed by atoms with Crippen LogP contribution in [0.15, 0.2) is 6.20 Å². The fourth-order valence-corrected chi connectivity index (χ4v) is 1.55. The monoisotopic (exact) mass is 206 g/mol. The van der Waals surface area contributed by atoms with Crippen LogP contribution in [0.25, 0.3) is 0 Å². The van der Waals surface area contributed by atoms with Crippen LogP contribution in [0, 0.1) is 0 Å². The maximum atomic E-state index is 5.92. The summed E-state index contributed by atoms with van der Waals surface area (Å²) >= 11 is 11.6. The van der Waals surface area contributed by atoms with Gasteiger partial charge in [-0.25, -0.2) is 0 Å². The second-order valence-corrected chi connectivity index (χ2v) is 3.39. The number of nitrogens with zero attached hydrogens (tertiary/aromatic N) is 2. The van der Waals surface area contributed by atoms with E-state index in [2.05, 4.69) is 12.0 Å². The molecule has 0 aromatic carbocycles. The zero-order chi connectivity index (χ0) is 8.97. The standard InChI is InChI=1S/C8H12Cl2N2/c1-2-5-12-8(3-4-9)7(10)6-11-12/h6H,2-5H2,1H3. The van der Waals surface area contributed by atoms with E-state index in [0.717, 1.165) is 30.1 Å². The molecular formula is C8H12Cl2N2. The van der Waals surface area contributed by atoms with Crippen molar-refractivity contribution in [2.24, 2.45) is 0 Å². The number of halogens is 2.